The fourth-order valence-electron chi connectivity index (χ4n) is 8.45. The molecule has 0 saturated heterocycles. The zero-order valence-electron chi connectivity index (χ0n) is 40.4. The first-order valence-electron chi connectivity index (χ1n) is 26.9. The maximum atomic E-state index is 12.5. The van der Waals surface area contributed by atoms with Crippen molar-refractivity contribution in [1.82, 2.24) is 0 Å². The summed E-state index contributed by atoms with van der Waals surface area (Å²) in [4.78, 5) is 30.8. The Morgan fingerprint density at radius 3 is 0.900 bits per heavy atom. The highest BCUT2D eigenvalue weighted by Crippen LogP contribution is 2.36. The summed E-state index contributed by atoms with van der Waals surface area (Å²) in [5.41, 5.74) is 0. The number of carbonyl (C=O) groups is 1. The monoisotopic (exact) mass is 873 g/mol. The van der Waals surface area contributed by atoms with Gasteiger partial charge in [0, 0.05) is 13.0 Å². The molecule has 0 spiro atoms. The zero-order valence-corrected chi connectivity index (χ0v) is 41.3. The van der Waals surface area contributed by atoms with Gasteiger partial charge in [0.15, 0.2) is 0 Å². The Morgan fingerprint density at radius 1 is 0.383 bits per heavy atom. The third-order valence-electron chi connectivity index (χ3n) is 12.4. The maximum absolute atomic E-state index is 12.5. The predicted molar refractivity (Wildman–Crippen MR) is 258 cm³/mol. The summed E-state index contributed by atoms with van der Waals surface area (Å²) in [6, 6.07) is 0. The van der Waals surface area contributed by atoms with E-state index >= 15 is 0 Å². The lowest BCUT2D eigenvalue weighted by molar-refractivity contribution is -0.154. The lowest BCUT2D eigenvalue weighted by Crippen LogP contribution is -2.28. The molecule has 0 radical (unpaired) electrons. The highest BCUT2D eigenvalue weighted by molar-refractivity contribution is 7.46. The first kappa shape index (κ1) is 59.5. The van der Waals surface area contributed by atoms with E-state index in [-0.39, 0.29) is 19.2 Å². The molecule has 0 fully saturated rings. The summed E-state index contributed by atoms with van der Waals surface area (Å²) in [5, 5.41) is 0. The molecule has 0 aliphatic carbocycles. The molecule has 1 atom stereocenters. The van der Waals surface area contributed by atoms with E-state index in [1.54, 1.807) is 0 Å². The number of hydrogen-bond donors (Lipinski definition) is 2. The Kier molecular flexibility index (Phi) is 49.2. The fraction of sp³-hybridized carbons (Fsp3) is 0.981. The second kappa shape index (κ2) is 49.6. The number of ether oxygens (including phenoxy) is 2. The number of unbranched alkanes of at least 4 members (excludes halogenated alkanes) is 42. The van der Waals surface area contributed by atoms with Crippen LogP contribution < -0.4 is 0 Å². The summed E-state index contributed by atoms with van der Waals surface area (Å²) in [6.45, 7) is 4.83. The number of esters is 1. The molecule has 8 heteroatoms. The van der Waals surface area contributed by atoms with Crippen LogP contribution in [0.5, 0.6) is 0 Å². The molecule has 0 heterocycles. The second-order valence-corrected chi connectivity index (χ2v) is 19.8. The largest absolute Gasteiger partial charge is 0.469 e. The van der Waals surface area contributed by atoms with Crippen molar-refractivity contribution in [2.75, 3.05) is 19.8 Å². The van der Waals surface area contributed by atoms with Crippen LogP contribution in [0.15, 0.2) is 0 Å². The predicted octanol–water partition coefficient (Wildman–Crippen LogP) is 17.6. The Labute approximate surface area is 374 Å². The molecule has 0 aromatic heterocycles. The van der Waals surface area contributed by atoms with Crippen molar-refractivity contribution in [3.63, 3.8) is 0 Å². The van der Waals surface area contributed by atoms with Crippen LogP contribution in [0.25, 0.3) is 0 Å². The van der Waals surface area contributed by atoms with Gasteiger partial charge in [0.25, 0.3) is 0 Å². The number of carbonyl (C=O) groups excluding carboxylic acids is 1. The minimum absolute atomic E-state index is 0.0871. The minimum atomic E-state index is -4.65. The molecule has 0 rings (SSSR count). The zero-order chi connectivity index (χ0) is 43.7. The van der Waals surface area contributed by atoms with E-state index in [2.05, 4.69) is 18.4 Å². The molecule has 0 saturated carbocycles. The van der Waals surface area contributed by atoms with E-state index < -0.39 is 13.9 Å². The summed E-state index contributed by atoms with van der Waals surface area (Å²) < 4.78 is 27.1. The van der Waals surface area contributed by atoms with E-state index in [1.807, 2.05) is 0 Å². The Balaban J connectivity index is 3.56. The van der Waals surface area contributed by atoms with Gasteiger partial charge in [0.2, 0.25) is 0 Å². The van der Waals surface area contributed by atoms with Crippen molar-refractivity contribution in [3.8, 4) is 0 Å². The lowest BCUT2D eigenvalue weighted by atomic mass is 10.0. The van der Waals surface area contributed by atoms with E-state index in [9.17, 15) is 9.36 Å². The smallest absolute Gasteiger partial charge is 0.457 e. The highest BCUT2D eigenvalue weighted by atomic mass is 31.2. The van der Waals surface area contributed by atoms with Gasteiger partial charge in [-0.25, -0.2) is 4.57 Å². The quantitative estimate of drug-likeness (QED) is 0.0356. The first-order valence-corrected chi connectivity index (χ1v) is 28.4. The average Bonchev–Trinajstić information content (AvgIpc) is 3.23. The molecule has 0 amide bonds. The standard InChI is InChI=1S/C52H105O7P/c1-3-5-7-9-11-13-15-17-19-20-21-22-23-24-25-26-27-28-29-30-31-32-33-34-35-37-39-41-43-45-47-52(53)59-51(50-58-60(54,55)56)49-57-48-46-44-42-40-38-36-18-16-14-12-10-8-6-4-2/h51H,3-50H2,1-2H3,(H2,54,55,56)/t51-/m1/s1. The molecule has 0 aromatic rings. The maximum Gasteiger partial charge on any atom is 0.469 e. The van der Waals surface area contributed by atoms with Crippen LogP contribution in [0, 0.1) is 0 Å². The van der Waals surface area contributed by atoms with Crippen molar-refractivity contribution in [2.24, 2.45) is 0 Å². The molecular formula is C52H105O7P. The van der Waals surface area contributed by atoms with Crippen molar-refractivity contribution in [1.29, 1.82) is 0 Å². The van der Waals surface area contributed by atoms with Crippen LogP contribution >= 0.6 is 7.82 Å². The summed E-state index contributed by atoms with van der Waals surface area (Å²) in [6.07, 6.45) is 58.6. The van der Waals surface area contributed by atoms with Crippen molar-refractivity contribution in [3.05, 3.63) is 0 Å². The number of phosphoric ester groups is 1. The Bertz CT molecular complexity index is 880. The van der Waals surface area contributed by atoms with Crippen molar-refractivity contribution in [2.45, 2.75) is 309 Å². The van der Waals surface area contributed by atoms with Crippen LogP contribution in [-0.2, 0) is 23.4 Å². The molecular weight excluding hydrogens is 768 g/mol. The number of rotatable bonds is 52. The van der Waals surface area contributed by atoms with E-state index in [4.69, 9.17) is 19.3 Å². The van der Waals surface area contributed by atoms with Gasteiger partial charge < -0.3 is 19.3 Å². The van der Waals surface area contributed by atoms with E-state index in [0.29, 0.717) is 13.0 Å². The Hall–Kier alpha value is -0.460. The summed E-state index contributed by atoms with van der Waals surface area (Å²) >= 11 is 0. The van der Waals surface area contributed by atoms with Crippen molar-refractivity contribution < 1.29 is 33.1 Å². The Morgan fingerprint density at radius 2 is 0.633 bits per heavy atom. The summed E-state index contributed by atoms with van der Waals surface area (Å²) in [5.74, 6) is -0.352. The molecule has 7 nitrogen and oxygen atoms in total. The van der Waals surface area contributed by atoms with Crippen LogP contribution in [0.1, 0.15) is 303 Å². The van der Waals surface area contributed by atoms with Gasteiger partial charge >= 0.3 is 13.8 Å². The molecule has 0 aromatic carbocycles. The topological polar surface area (TPSA) is 102 Å². The fourth-order valence-corrected chi connectivity index (χ4v) is 8.81. The lowest BCUT2D eigenvalue weighted by Gasteiger charge is -2.18. The molecule has 2 N–H and O–H groups in total. The molecule has 360 valence electrons. The molecule has 0 bridgehead atoms. The van der Waals surface area contributed by atoms with Gasteiger partial charge in [0.05, 0.1) is 13.2 Å². The van der Waals surface area contributed by atoms with Crippen LogP contribution in [0.4, 0.5) is 0 Å². The molecule has 0 unspecified atom stereocenters. The highest BCUT2D eigenvalue weighted by Gasteiger charge is 2.21. The van der Waals surface area contributed by atoms with Gasteiger partial charge in [0.1, 0.15) is 6.10 Å². The molecule has 0 aliphatic heterocycles. The minimum Gasteiger partial charge on any atom is -0.457 e. The molecule has 0 aliphatic rings. The third-order valence-corrected chi connectivity index (χ3v) is 12.9. The summed E-state index contributed by atoms with van der Waals surface area (Å²) in [7, 11) is -4.65. The van der Waals surface area contributed by atoms with Crippen LogP contribution in [0.3, 0.4) is 0 Å². The van der Waals surface area contributed by atoms with Gasteiger partial charge in [-0.15, -0.1) is 0 Å². The third kappa shape index (κ3) is 51.9. The SMILES string of the molecule is CCCCCCCCCCCCCCCCCCCCCCCCCCCCCCCCC(=O)O[C@H](COCCCCCCCCCCCCCCCC)COP(=O)(O)O. The molecule has 60 heavy (non-hydrogen) atoms. The second-order valence-electron chi connectivity index (χ2n) is 18.6. The average molecular weight is 873 g/mol. The van der Waals surface area contributed by atoms with Gasteiger partial charge in [-0.05, 0) is 12.8 Å². The van der Waals surface area contributed by atoms with E-state index in [1.165, 1.54) is 250 Å². The van der Waals surface area contributed by atoms with Crippen LogP contribution in [-0.4, -0.2) is 41.7 Å². The number of phosphoric acid groups is 1. The van der Waals surface area contributed by atoms with E-state index in [0.717, 1.165) is 32.1 Å². The van der Waals surface area contributed by atoms with Crippen molar-refractivity contribution >= 4 is 13.8 Å². The number of hydrogen-bond acceptors (Lipinski definition) is 5. The first-order chi connectivity index (χ1) is 29.4. The van der Waals surface area contributed by atoms with Gasteiger partial charge in [-0.2, -0.15) is 0 Å². The van der Waals surface area contributed by atoms with Gasteiger partial charge in [-0.3, -0.25) is 9.32 Å². The van der Waals surface area contributed by atoms with Gasteiger partial charge in [-0.1, -0.05) is 284 Å². The van der Waals surface area contributed by atoms with Crippen LogP contribution in [0.2, 0.25) is 0 Å². The normalized spacial score (nSPS) is 12.4.